The lowest BCUT2D eigenvalue weighted by molar-refractivity contribution is 0.410. The molecule has 28 heavy (non-hydrogen) atoms. The van der Waals surface area contributed by atoms with Crippen LogP contribution < -0.4 is 0 Å². The lowest BCUT2D eigenvalue weighted by Crippen LogP contribution is -2.20. The Morgan fingerprint density at radius 3 is 2.43 bits per heavy atom. The van der Waals surface area contributed by atoms with E-state index in [9.17, 15) is 0 Å². The summed E-state index contributed by atoms with van der Waals surface area (Å²) in [5.41, 5.74) is 9.41. The van der Waals surface area contributed by atoms with Gasteiger partial charge in [0.1, 0.15) is 11.2 Å². The maximum Gasteiger partial charge on any atom is 0.142 e. The van der Waals surface area contributed by atoms with E-state index in [0.29, 0.717) is 0 Å². The zero-order chi connectivity index (χ0) is 19.8. The highest BCUT2D eigenvalue weighted by Gasteiger charge is 2.35. The molecule has 1 aliphatic rings. The Labute approximate surface area is 166 Å². The molecule has 0 aliphatic heterocycles. The molecule has 2 aromatic carbocycles. The van der Waals surface area contributed by atoms with Crippen LogP contribution in [0.25, 0.3) is 33.2 Å². The highest BCUT2D eigenvalue weighted by molar-refractivity contribution is 6.16. The van der Waals surface area contributed by atoms with Crippen LogP contribution in [0.15, 0.2) is 47.0 Å². The normalized spacial score (nSPS) is 15.2. The summed E-state index contributed by atoms with van der Waals surface area (Å²) in [5, 5.41) is 2.43. The van der Waals surface area contributed by atoms with Gasteiger partial charge in [-0.05, 0) is 35.4 Å². The maximum atomic E-state index is 6.59. The molecule has 0 unspecified atom stereocenters. The van der Waals surface area contributed by atoms with Crippen LogP contribution in [-0.2, 0) is 11.8 Å². The fourth-order valence-electron chi connectivity index (χ4n) is 4.86. The van der Waals surface area contributed by atoms with E-state index < -0.39 is 0 Å². The van der Waals surface area contributed by atoms with E-state index in [1.165, 1.54) is 33.0 Å². The van der Waals surface area contributed by atoms with Crippen LogP contribution in [0.4, 0.5) is 0 Å². The fourth-order valence-corrected chi connectivity index (χ4v) is 4.86. The van der Waals surface area contributed by atoms with Crippen molar-refractivity contribution in [3.05, 3.63) is 64.8 Å². The molecule has 0 fully saturated rings. The van der Waals surface area contributed by atoms with Crippen molar-refractivity contribution in [2.45, 2.75) is 53.4 Å². The molecule has 2 nitrogen and oxygen atoms in total. The highest BCUT2D eigenvalue weighted by atomic mass is 16.3. The monoisotopic (exact) mass is 369 g/mol. The number of pyridine rings is 1. The zero-order valence-corrected chi connectivity index (χ0v) is 17.6. The van der Waals surface area contributed by atoms with Crippen LogP contribution in [0.2, 0.25) is 0 Å². The molecule has 0 amide bonds. The van der Waals surface area contributed by atoms with E-state index >= 15 is 0 Å². The minimum absolute atomic E-state index is 0.124. The summed E-state index contributed by atoms with van der Waals surface area (Å²) in [7, 11) is 0. The molecule has 0 bridgehead atoms. The van der Waals surface area contributed by atoms with E-state index in [0.717, 1.165) is 28.8 Å². The molecular weight excluding hydrogens is 342 g/mol. The summed E-state index contributed by atoms with van der Waals surface area (Å²) in [6.07, 6.45) is 2.94. The van der Waals surface area contributed by atoms with Gasteiger partial charge >= 0.3 is 0 Å². The van der Waals surface area contributed by atoms with E-state index in [4.69, 9.17) is 9.40 Å². The lowest BCUT2D eigenvalue weighted by atomic mass is 9.75. The molecule has 2 heterocycles. The van der Waals surface area contributed by atoms with Crippen LogP contribution in [-0.4, -0.2) is 4.98 Å². The summed E-state index contributed by atoms with van der Waals surface area (Å²) in [4.78, 5) is 4.90. The number of furan rings is 1. The summed E-state index contributed by atoms with van der Waals surface area (Å²) in [5.74, 6) is 0. The van der Waals surface area contributed by atoms with Gasteiger partial charge in [-0.3, -0.25) is 4.98 Å². The van der Waals surface area contributed by atoms with Gasteiger partial charge in [0.25, 0.3) is 0 Å². The van der Waals surface area contributed by atoms with Gasteiger partial charge in [0.05, 0.1) is 11.1 Å². The van der Waals surface area contributed by atoms with Crippen LogP contribution in [0.5, 0.6) is 0 Å². The van der Waals surface area contributed by atoms with Crippen LogP contribution in [0.3, 0.4) is 0 Å². The van der Waals surface area contributed by atoms with Gasteiger partial charge in [0.15, 0.2) is 0 Å². The van der Waals surface area contributed by atoms with Crippen molar-refractivity contribution in [1.82, 2.24) is 4.98 Å². The predicted molar refractivity (Wildman–Crippen MR) is 117 cm³/mol. The van der Waals surface area contributed by atoms with Gasteiger partial charge in [-0.15, -0.1) is 0 Å². The van der Waals surface area contributed by atoms with Crippen LogP contribution in [0.1, 0.15) is 56.9 Å². The highest BCUT2D eigenvalue weighted by Crippen LogP contribution is 2.50. The molecule has 2 aromatic heterocycles. The first-order valence-electron chi connectivity index (χ1n) is 10.1. The summed E-state index contributed by atoms with van der Waals surface area (Å²) in [6, 6.07) is 13.3. The van der Waals surface area contributed by atoms with Gasteiger partial charge in [0.2, 0.25) is 0 Å². The van der Waals surface area contributed by atoms with Gasteiger partial charge in [-0.25, -0.2) is 0 Å². The molecule has 0 N–H and O–H groups in total. The van der Waals surface area contributed by atoms with E-state index in [1.807, 2.05) is 6.20 Å². The number of benzene rings is 2. The third-order valence-electron chi connectivity index (χ3n) is 6.15. The standard InChI is InChI=1S/C26H27NO/c1-15-14-27-22-17-9-7-8-10-18(17)26(5,6)19-12-11-16(13-25(2,3)4)24-20(19)21(22)23(15)28-24/h7-12,14H,13H2,1-6H3. The number of aromatic nitrogens is 1. The van der Waals surface area contributed by atoms with Crippen molar-refractivity contribution < 1.29 is 4.42 Å². The van der Waals surface area contributed by atoms with Crippen molar-refractivity contribution in [1.29, 1.82) is 0 Å². The largest absolute Gasteiger partial charge is 0.455 e. The second-order valence-corrected chi connectivity index (χ2v) is 9.98. The Bertz CT molecular complexity index is 1250. The number of nitrogens with zero attached hydrogens (tertiary/aromatic N) is 1. The SMILES string of the molecule is Cc1cnc2c3c1oc1c(CC(C)(C)C)ccc(c13)C(C)(C)c1ccccc1-2. The summed E-state index contributed by atoms with van der Waals surface area (Å²) in [6.45, 7) is 13.6. The van der Waals surface area contributed by atoms with Crippen LogP contribution in [0, 0.1) is 12.3 Å². The number of hydrogen-bond donors (Lipinski definition) is 0. The second kappa shape index (κ2) is 5.47. The molecule has 4 aromatic rings. The molecule has 0 saturated carbocycles. The van der Waals surface area contributed by atoms with Crippen molar-refractivity contribution >= 4 is 21.9 Å². The lowest BCUT2D eigenvalue weighted by Gasteiger charge is -2.28. The third-order valence-corrected chi connectivity index (χ3v) is 6.15. The average molecular weight is 370 g/mol. The van der Waals surface area contributed by atoms with Gasteiger partial charge < -0.3 is 4.42 Å². The first-order valence-corrected chi connectivity index (χ1v) is 10.1. The Morgan fingerprint density at radius 2 is 1.68 bits per heavy atom. The summed E-state index contributed by atoms with van der Waals surface area (Å²) < 4.78 is 6.59. The molecule has 0 radical (unpaired) electrons. The summed E-state index contributed by atoms with van der Waals surface area (Å²) >= 11 is 0. The number of aryl methyl sites for hydroxylation is 1. The molecule has 5 rings (SSSR count). The Morgan fingerprint density at radius 1 is 0.929 bits per heavy atom. The molecule has 142 valence electrons. The van der Waals surface area contributed by atoms with Crippen molar-refractivity contribution in [2.24, 2.45) is 5.41 Å². The number of rotatable bonds is 1. The van der Waals surface area contributed by atoms with E-state index in [1.54, 1.807) is 0 Å². The van der Waals surface area contributed by atoms with Gasteiger partial charge in [-0.2, -0.15) is 0 Å². The molecule has 2 heteroatoms. The van der Waals surface area contributed by atoms with Crippen LogP contribution >= 0.6 is 0 Å². The first-order chi connectivity index (χ1) is 13.2. The topological polar surface area (TPSA) is 26.0 Å². The smallest absolute Gasteiger partial charge is 0.142 e. The van der Waals surface area contributed by atoms with E-state index in [2.05, 4.69) is 77.9 Å². The van der Waals surface area contributed by atoms with E-state index in [-0.39, 0.29) is 10.8 Å². The Kier molecular flexibility index (Phi) is 3.42. The minimum Gasteiger partial charge on any atom is -0.455 e. The minimum atomic E-state index is -0.124. The number of hydrogen-bond acceptors (Lipinski definition) is 2. The van der Waals surface area contributed by atoms with Crippen molar-refractivity contribution in [3.63, 3.8) is 0 Å². The third kappa shape index (κ3) is 2.30. The van der Waals surface area contributed by atoms with Crippen molar-refractivity contribution in [2.75, 3.05) is 0 Å². The zero-order valence-electron chi connectivity index (χ0n) is 17.6. The average Bonchev–Trinajstić information content (AvgIpc) is 2.99. The molecular formula is C26H27NO. The molecule has 0 spiro atoms. The maximum absolute atomic E-state index is 6.59. The Balaban J connectivity index is 2.02. The quantitative estimate of drug-likeness (QED) is 0.355. The molecule has 0 atom stereocenters. The van der Waals surface area contributed by atoms with Gasteiger partial charge in [-0.1, -0.05) is 71.0 Å². The fraction of sp³-hybridized carbons (Fsp3) is 0.346. The number of fused-ring (bicyclic) bond motifs is 2. The molecule has 0 saturated heterocycles. The molecule has 1 aliphatic carbocycles. The first kappa shape index (κ1) is 17.5. The second-order valence-electron chi connectivity index (χ2n) is 9.98. The Hall–Kier alpha value is -2.61. The predicted octanol–water partition coefficient (Wildman–Crippen LogP) is 7.18. The van der Waals surface area contributed by atoms with Gasteiger partial charge in [0, 0.05) is 28.1 Å². The van der Waals surface area contributed by atoms with Crippen molar-refractivity contribution in [3.8, 4) is 11.3 Å².